The zero-order chi connectivity index (χ0) is 27.7. The summed E-state index contributed by atoms with van der Waals surface area (Å²) < 4.78 is 66.0. The lowest BCUT2D eigenvalue weighted by Gasteiger charge is -2.17. The normalized spacial score (nSPS) is 13.0. The van der Waals surface area contributed by atoms with Crippen LogP contribution in [0.3, 0.4) is 0 Å². The van der Waals surface area contributed by atoms with Crippen molar-refractivity contribution in [3.8, 4) is 0 Å². The molecule has 38 heavy (non-hydrogen) atoms. The number of aryl methyl sites for hydroxylation is 1. The first kappa shape index (κ1) is 27.3. The number of rotatable bonds is 8. The SMILES string of the molecule is CCc1c(C(O)c2ccccc2C(F)(F)F)nc2cc(C(=O)NCc3ccc(S(=O)(=O)CC)cn3)ccn12. The maximum atomic E-state index is 13.5. The van der Waals surface area contributed by atoms with E-state index in [0.29, 0.717) is 23.5 Å². The van der Waals surface area contributed by atoms with E-state index < -0.39 is 33.6 Å². The van der Waals surface area contributed by atoms with Crippen LogP contribution in [0.2, 0.25) is 0 Å². The maximum Gasteiger partial charge on any atom is 0.416 e. The summed E-state index contributed by atoms with van der Waals surface area (Å²) in [4.78, 5) is 21.3. The van der Waals surface area contributed by atoms with E-state index in [9.17, 15) is 31.5 Å². The first-order valence-corrected chi connectivity index (χ1v) is 13.4. The Morgan fingerprint density at radius 3 is 2.50 bits per heavy atom. The Morgan fingerprint density at radius 1 is 1.13 bits per heavy atom. The number of hydrogen-bond donors (Lipinski definition) is 2. The fourth-order valence-electron chi connectivity index (χ4n) is 4.11. The molecule has 8 nitrogen and oxygen atoms in total. The van der Waals surface area contributed by atoms with Crippen LogP contribution in [0.25, 0.3) is 5.65 Å². The van der Waals surface area contributed by atoms with Crippen molar-refractivity contribution in [3.05, 3.63) is 94.7 Å². The molecule has 3 aromatic heterocycles. The molecule has 4 aromatic rings. The molecule has 1 atom stereocenters. The molecule has 3 heterocycles. The lowest BCUT2D eigenvalue weighted by molar-refractivity contribution is -0.139. The highest BCUT2D eigenvalue weighted by Crippen LogP contribution is 2.37. The van der Waals surface area contributed by atoms with Gasteiger partial charge in [-0.2, -0.15) is 13.2 Å². The maximum absolute atomic E-state index is 13.5. The number of imidazole rings is 1. The second-order valence-electron chi connectivity index (χ2n) is 8.50. The van der Waals surface area contributed by atoms with Gasteiger partial charge in [0, 0.05) is 23.7 Å². The number of carbonyl (C=O) groups is 1. The molecule has 1 amide bonds. The third-order valence-corrected chi connectivity index (χ3v) is 7.86. The molecule has 0 spiro atoms. The number of benzene rings is 1. The number of alkyl halides is 3. The second kappa shape index (κ2) is 10.5. The minimum atomic E-state index is -4.65. The second-order valence-corrected chi connectivity index (χ2v) is 10.8. The molecule has 4 rings (SSSR count). The van der Waals surface area contributed by atoms with Gasteiger partial charge >= 0.3 is 6.18 Å². The molecule has 0 saturated heterocycles. The fourth-order valence-corrected chi connectivity index (χ4v) is 4.93. The molecule has 0 aliphatic heterocycles. The van der Waals surface area contributed by atoms with E-state index in [1.54, 1.807) is 17.5 Å². The summed E-state index contributed by atoms with van der Waals surface area (Å²) >= 11 is 0. The third-order valence-electron chi connectivity index (χ3n) is 6.14. The smallest absolute Gasteiger partial charge is 0.382 e. The van der Waals surface area contributed by atoms with Gasteiger partial charge in [-0.25, -0.2) is 13.4 Å². The van der Waals surface area contributed by atoms with Crippen molar-refractivity contribution in [3.63, 3.8) is 0 Å². The predicted octanol–water partition coefficient (Wildman–Crippen LogP) is 4.12. The average Bonchev–Trinajstić information content (AvgIpc) is 3.29. The standard InChI is InChI=1S/C26H25F3N4O4S/c1-3-21-23(24(34)19-7-5-6-8-20(19)26(27,28)29)32-22-13-16(11-12-33(21)22)25(35)31-14-17-9-10-18(15-30-17)38(36,37)4-2/h5-13,15,24,34H,3-4,14H2,1-2H3,(H,31,35). The van der Waals surface area contributed by atoms with Crippen LogP contribution < -0.4 is 5.32 Å². The Kier molecular flexibility index (Phi) is 7.56. The molecule has 1 unspecified atom stereocenters. The molecule has 0 bridgehead atoms. The van der Waals surface area contributed by atoms with Gasteiger partial charge in [0.05, 0.1) is 34.1 Å². The van der Waals surface area contributed by atoms with Crippen LogP contribution in [0, 0.1) is 0 Å². The van der Waals surface area contributed by atoms with E-state index in [-0.39, 0.29) is 34.0 Å². The summed E-state index contributed by atoms with van der Waals surface area (Å²) in [5.74, 6) is -0.501. The van der Waals surface area contributed by atoms with Crippen LogP contribution in [0.1, 0.15) is 58.5 Å². The lowest BCUT2D eigenvalue weighted by Crippen LogP contribution is -2.23. The summed E-state index contributed by atoms with van der Waals surface area (Å²) in [6, 6.07) is 10.8. The Bertz CT molecular complexity index is 1580. The van der Waals surface area contributed by atoms with E-state index >= 15 is 0 Å². The number of amides is 1. The molecule has 0 radical (unpaired) electrons. The van der Waals surface area contributed by atoms with E-state index in [0.717, 1.165) is 6.07 Å². The Morgan fingerprint density at radius 2 is 1.87 bits per heavy atom. The first-order valence-electron chi connectivity index (χ1n) is 11.8. The minimum Gasteiger partial charge on any atom is -0.382 e. The summed E-state index contributed by atoms with van der Waals surface area (Å²) in [5.41, 5.74) is 0.336. The number of fused-ring (bicyclic) bond motifs is 1. The quantitative estimate of drug-likeness (QED) is 0.344. The number of sulfone groups is 1. The molecule has 0 aliphatic carbocycles. The topological polar surface area (TPSA) is 114 Å². The van der Waals surface area contributed by atoms with Crippen molar-refractivity contribution in [2.45, 2.75) is 44.0 Å². The Labute approximate surface area is 217 Å². The van der Waals surface area contributed by atoms with Gasteiger partial charge in [0.2, 0.25) is 0 Å². The average molecular weight is 547 g/mol. The number of hydrogen-bond acceptors (Lipinski definition) is 6. The van der Waals surface area contributed by atoms with E-state index in [2.05, 4.69) is 15.3 Å². The van der Waals surface area contributed by atoms with Crippen LogP contribution in [0.5, 0.6) is 0 Å². The fraction of sp³-hybridized carbons (Fsp3) is 0.269. The molecule has 0 aliphatic rings. The van der Waals surface area contributed by atoms with Crippen molar-refractivity contribution in [1.82, 2.24) is 19.7 Å². The number of carbonyl (C=O) groups excluding carboxylic acids is 1. The van der Waals surface area contributed by atoms with Gasteiger partial charge in [0.15, 0.2) is 9.84 Å². The first-order chi connectivity index (χ1) is 18.0. The summed E-state index contributed by atoms with van der Waals surface area (Å²) in [5, 5.41) is 13.6. The van der Waals surface area contributed by atoms with Gasteiger partial charge in [-0.3, -0.25) is 9.78 Å². The number of nitrogens with one attached hydrogen (secondary N) is 1. The minimum absolute atomic E-state index is 0.0449. The van der Waals surface area contributed by atoms with Crippen LogP contribution >= 0.6 is 0 Å². The van der Waals surface area contributed by atoms with Gasteiger partial charge in [-0.1, -0.05) is 32.0 Å². The highest BCUT2D eigenvalue weighted by Gasteiger charge is 2.36. The number of pyridine rings is 2. The largest absolute Gasteiger partial charge is 0.416 e. The molecular weight excluding hydrogens is 521 g/mol. The number of halogens is 3. The molecule has 12 heteroatoms. The van der Waals surface area contributed by atoms with Crippen molar-refractivity contribution >= 4 is 21.4 Å². The predicted molar refractivity (Wildman–Crippen MR) is 133 cm³/mol. The Balaban J connectivity index is 1.58. The molecular formula is C26H25F3N4O4S. The van der Waals surface area contributed by atoms with E-state index in [4.69, 9.17) is 0 Å². The van der Waals surface area contributed by atoms with Gasteiger partial charge in [0.1, 0.15) is 11.8 Å². The summed E-state index contributed by atoms with van der Waals surface area (Å²) in [7, 11) is -3.38. The van der Waals surface area contributed by atoms with Gasteiger partial charge in [-0.05, 0) is 42.3 Å². The van der Waals surface area contributed by atoms with E-state index in [1.807, 2.05) is 0 Å². The zero-order valence-electron chi connectivity index (χ0n) is 20.5. The number of aromatic nitrogens is 3. The lowest BCUT2D eigenvalue weighted by atomic mass is 9.98. The van der Waals surface area contributed by atoms with Crippen LogP contribution in [0.15, 0.2) is 65.8 Å². The van der Waals surface area contributed by atoms with Gasteiger partial charge < -0.3 is 14.8 Å². The van der Waals surface area contributed by atoms with Crippen molar-refractivity contribution in [2.75, 3.05) is 5.75 Å². The molecule has 2 N–H and O–H groups in total. The van der Waals surface area contributed by atoms with Gasteiger partial charge in [0.25, 0.3) is 5.91 Å². The van der Waals surface area contributed by atoms with Crippen molar-refractivity contribution < 1.29 is 31.5 Å². The number of aliphatic hydroxyl groups excluding tert-OH is 1. The highest BCUT2D eigenvalue weighted by atomic mass is 32.2. The Hall–Kier alpha value is -3.77. The molecule has 0 saturated carbocycles. The summed E-state index contributed by atoms with van der Waals surface area (Å²) in [6.07, 6.45) is -3.07. The number of aliphatic hydroxyl groups is 1. The highest BCUT2D eigenvalue weighted by molar-refractivity contribution is 7.91. The number of nitrogens with zero attached hydrogens (tertiary/aromatic N) is 3. The monoisotopic (exact) mass is 546 g/mol. The molecule has 1 aromatic carbocycles. The van der Waals surface area contributed by atoms with E-state index in [1.165, 1.54) is 55.6 Å². The van der Waals surface area contributed by atoms with Gasteiger partial charge in [-0.15, -0.1) is 0 Å². The van der Waals surface area contributed by atoms with Crippen LogP contribution in [0.4, 0.5) is 13.2 Å². The summed E-state index contributed by atoms with van der Waals surface area (Å²) in [6.45, 7) is 3.37. The van der Waals surface area contributed by atoms with Crippen molar-refractivity contribution in [1.29, 1.82) is 0 Å². The van der Waals surface area contributed by atoms with Crippen LogP contribution in [-0.4, -0.2) is 39.6 Å². The van der Waals surface area contributed by atoms with Crippen LogP contribution in [-0.2, 0) is 29.0 Å². The third kappa shape index (κ3) is 5.41. The zero-order valence-corrected chi connectivity index (χ0v) is 21.3. The molecule has 200 valence electrons. The molecule has 0 fully saturated rings. The van der Waals surface area contributed by atoms with Crippen molar-refractivity contribution in [2.24, 2.45) is 0 Å².